The van der Waals surface area contributed by atoms with Gasteiger partial charge in [0.05, 0.1) is 18.1 Å². The summed E-state index contributed by atoms with van der Waals surface area (Å²) in [5, 5.41) is 9.92. The van der Waals surface area contributed by atoms with E-state index in [1.54, 1.807) is 0 Å². The van der Waals surface area contributed by atoms with Gasteiger partial charge in [0.1, 0.15) is 23.0 Å². The number of rotatable bonds is 6. The summed E-state index contributed by atoms with van der Waals surface area (Å²) >= 11 is 0. The van der Waals surface area contributed by atoms with Crippen LogP contribution < -0.4 is 4.74 Å². The second-order valence-electron chi connectivity index (χ2n) is 9.53. The maximum atomic E-state index is 13.6. The number of carboxylic acid groups (broad SMARTS) is 1. The maximum absolute atomic E-state index is 13.6. The fourth-order valence-corrected chi connectivity index (χ4v) is 5.18. The van der Waals surface area contributed by atoms with E-state index in [-0.39, 0.29) is 12.0 Å². The molecule has 0 radical (unpaired) electrons. The van der Waals surface area contributed by atoms with Gasteiger partial charge in [-0.2, -0.15) is 0 Å². The normalized spacial score (nSPS) is 26.0. The van der Waals surface area contributed by atoms with E-state index in [4.69, 9.17) is 9.47 Å². The fraction of sp³-hybridized carbons (Fsp3) is 0.500. The second kappa shape index (κ2) is 8.81. The van der Waals surface area contributed by atoms with Crippen molar-refractivity contribution in [1.29, 1.82) is 0 Å². The number of carboxylic acids is 1. The first-order chi connectivity index (χ1) is 15.2. The topological polar surface area (TPSA) is 55.8 Å². The van der Waals surface area contributed by atoms with Crippen LogP contribution in [0.15, 0.2) is 36.4 Å². The minimum Gasteiger partial charge on any atom is -0.487 e. The van der Waals surface area contributed by atoms with Crippen molar-refractivity contribution in [2.24, 2.45) is 11.8 Å². The summed E-state index contributed by atoms with van der Waals surface area (Å²) in [6, 6.07) is 9.57. The van der Waals surface area contributed by atoms with Gasteiger partial charge in [0, 0.05) is 17.5 Å². The molecule has 0 spiro atoms. The number of halogens is 2. The van der Waals surface area contributed by atoms with Crippen molar-refractivity contribution in [2.45, 2.75) is 70.7 Å². The third-order valence-corrected chi connectivity index (χ3v) is 6.79. The predicted molar refractivity (Wildman–Crippen MR) is 117 cm³/mol. The minimum atomic E-state index is -0.916. The Hall–Kier alpha value is -2.47. The number of hydrogen-bond acceptors (Lipinski definition) is 3. The molecule has 4 nitrogen and oxygen atoms in total. The number of benzene rings is 2. The van der Waals surface area contributed by atoms with Crippen molar-refractivity contribution in [3.63, 3.8) is 0 Å². The van der Waals surface area contributed by atoms with E-state index in [0.717, 1.165) is 30.2 Å². The molecule has 2 aliphatic rings. The van der Waals surface area contributed by atoms with Gasteiger partial charge in [-0.3, -0.25) is 4.79 Å². The van der Waals surface area contributed by atoms with E-state index in [2.05, 4.69) is 19.1 Å². The lowest BCUT2D eigenvalue weighted by molar-refractivity contribution is -0.188. The van der Waals surface area contributed by atoms with Crippen molar-refractivity contribution in [1.82, 2.24) is 0 Å². The molecule has 0 aromatic heterocycles. The summed E-state index contributed by atoms with van der Waals surface area (Å²) in [4.78, 5) is 12.1. The average molecular weight is 445 g/mol. The molecular formula is C26H30F2O4. The highest BCUT2D eigenvalue weighted by Crippen LogP contribution is 2.52. The lowest BCUT2D eigenvalue weighted by atomic mass is 9.71. The van der Waals surface area contributed by atoms with E-state index in [0.29, 0.717) is 24.8 Å². The van der Waals surface area contributed by atoms with E-state index >= 15 is 0 Å². The second-order valence-corrected chi connectivity index (χ2v) is 9.53. The molecule has 1 fully saturated rings. The number of fused-ring (bicyclic) bond motifs is 3. The Morgan fingerprint density at radius 3 is 2.47 bits per heavy atom. The van der Waals surface area contributed by atoms with Gasteiger partial charge in [-0.25, -0.2) is 8.78 Å². The van der Waals surface area contributed by atoms with E-state index in [9.17, 15) is 18.7 Å². The van der Waals surface area contributed by atoms with Crippen LogP contribution in [0.2, 0.25) is 0 Å². The Labute approximate surface area is 187 Å². The van der Waals surface area contributed by atoms with Crippen molar-refractivity contribution in [2.75, 3.05) is 0 Å². The van der Waals surface area contributed by atoms with Crippen molar-refractivity contribution in [3.05, 3.63) is 64.7 Å². The smallest absolute Gasteiger partial charge is 0.309 e. The molecule has 6 heteroatoms. The van der Waals surface area contributed by atoms with Crippen molar-refractivity contribution in [3.8, 4) is 5.75 Å². The van der Waals surface area contributed by atoms with E-state index in [1.807, 2.05) is 19.9 Å². The highest BCUT2D eigenvalue weighted by atomic mass is 19.1. The monoisotopic (exact) mass is 444 g/mol. The third-order valence-electron chi connectivity index (χ3n) is 6.79. The first kappa shape index (κ1) is 22.7. The van der Waals surface area contributed by atoms with Crippen LogP contribution in [0.5, 0.6) is 5.75 Å². The summed E-state index contributed by atoms with van der Waals surface area (Å²) in [5.41, 5.74) is 2.08. The zero-order chi connectivity index (χ0) is 23.0. The van der Waals surface area contributed by atoms with Gasteiger partial charge in [-0.1, -0.05) is 19.4 Å². The molecule has 0 amide bonds. The Kier molecular flexibility index (Phi) is 6.26. The van der Waals surface area contributed by atoms with E-state index in [1.165, 1.54) is 17.7 Å². The first-order valence-electron chi connectivity index (χ1n) is 11.3. The third kappa shape index (κ3) is 4.51. The zero-order valence-electron chi connectivity index (χ0n) is 18.7. The standard InChI is InChI=1S/C26H30F2O4/c1-4-5-15-6-9-23-19(12-15)24-21(26(2,3)32-23)14-20(25(29)30)22(31-24)8-7-16-10-17(27)13-18(28)11-16/h6,9-13,20-22,24H,4-5,7-8,14H2,1-3H3,(H,29,30)/t20-,21+,22+,24-/m1/s1. The van der Waals surface area contributed by atoms with Gasteiger partial charge in [0.15, 0.2) is 0 Å². The molecule has 0 saturated carbocycles. The molecule has 0 unspecified atom stereocenters. The van der Waals surface area contributed by atoms with Crippen LogP contribution in [-0.4, -0.2) is 22.8 Å². The predicted octanol–water partition coefficient (Wildman–Crippen LogP) is 5.87. The Bertz CT molecular complexity index is 983. The van der Waals surface area contributed by atoms with Crippen molar-refractivity contribution >= 4 is 5.97 Å². The SMILES string of the molecule is CCCc1ccc2c(c1)[C@H]1O[C@@H](CCc3cc(F)cc(F)c3)[C@H](C(=O)O)C[C@@H]1C(C)(C)O2. The molecule has 0 aliphatic carbocycles. The zero-order valence-corrected chi connectivity index (χ0v) is 18.7. The lowest BCUT2D eigenvalue weighted by Gasteiger charge is -2.50. The molecule has 1 saturated heterocycles. The number of ether oxygens (including phenoxy) is 2. The van der Waals surface area contributed by atoms with Crippen LogP contribution in [0.25, 0.3) is 0 Å². The molecule has 2 heterocycles. The Morgan fingerprint density at radius 1 is 1.09 bits per heavy atom. The Morgan fingerprint density at radius 2 is 1.81 bits per heavy atom. The molecule has 2 aromatic rings. The van der Waals surface area contributed by atoms with Gasteiger partial charge in [0.25, 0.3) is 0 Å². The van der Waals surface area contributed by atoms with Gasteiger partial charge < -0.3 is 14.6 Å². The minimum absolute atomic E-state index is 0.115. The number of aryl methyl sites for hydroxylation is 2. The molecule has 0 bridgehead atoms. The van der Waals surface area contributed by atoms with Crippen LogP contribution in [0.4, 0.5) is 8.78 Å². The van der Waals surface area contributed by atoms with Gasteiger partial charge >= 0.3 is 5.97 Å². The van der Waals surface area contributed by atoms with Crippen LogP contribution in [0, 0.1) is 23.5 Å². The summed E-state index contributed by atoms with van der Waals surface area (Å²) in [6.07, 6.45) is 2.26. The summed E-state index contributed by atoms with van der Waals surface area (Å²) in [5.74, 6) is -2.24. The molecule has 32 heavy (non-hydrogen) atoms. The first-order valence-corrected chi connectivity index (χ1v) is 11.3. The quantitative estimate of drug-likeness (QED) is 0.606. The largest absolute Gasteiger partial charge is 0.487 e. The summed E-state index contributed by atoms with van der Waals surface area (Å²) < 4.78 is 40.0. The average Bonchev–Trinajstić information content (AvgIpc) is 2.71. The highest BCUT2D eigenvalue weighted by molar-refractivity contribution is 5.71. The molecule has 1 N–H and O–H groups in total. The number of aliphatic carboxylic acids is 1. The maximum Gasteiger partial charge on any atom is 0.309 e. The fourth-order valence-electron chi connectivity index (χ4n) is 5.18. The molecule has 2 aromatic carbocycles. The van der Waals surface area contributed by atoms with Crippen LogP contribution in [-0.2, 0) is 22.4 Å². The van der Waals surface area contributed by atoms with E-state index < -0.39 is 35.2 Å². The lowest BCUT2D eigenvalue weighted by Crippen LogP contribution is -2.52. The summed E-state index contributed by atoms with van der Waals surface area (Å²) in [6.45, 7) is 6.08. The van der Waals surface area contributed by atoms with Gasteiger partial charge in [-0.15, -0.1) is 0 Å². The Balaban J connectivity index is 1.63. The van der Waals surface area contributed by atoms with Crippen molar-refractivity contribution < 1.29 is 28.2 Å². The molecule has 4 atom stereocenters. The highest BCUT2D eigenvalue weighted by Gasteiger charge is 2.51. The summed E-state index contributed by atoms with van der Waals surface area (Å²) in [7, 11) is 0. The molecule has 172 valence electrons. The molecule has 2 aliphatic heterocycles. The van der Waals surface area contributed by atoms with Crippen LogP contribution in [0.1, 0.15) is 62.8 Å². The van der Waals surface area contributed by atoms with Crippen LogP contribution in [0.3, 0.4) is 0 Å². The van der Waals surface area contributed by atoms with Crippen LogP contribution >= 0.6 is 0 Å². The molecule has 4 rings (SSSR count). The molecular weight excluding hydrogens is 414 g/mol. The van der Waals surface area contributed by atoms with Gasteiger partial charge in [-0.05, 0) is 74.9 Å². The number of hydrogen-bond donors (Lipinski definition) is 1. The van der Waals surface area contributed by atoms with Gasteiger partial charge in [0.2, 0.25) is 0 Å². The number of carbonyl (C=O) groups is 1.